The molecule has 0 saturated carbocycles. The first kappa shape index (κ1) is 61.6. The molecule has 0 rings (SSSR count). The molecule has 1 atom stereocenters. The number of hydrogen-bond donors (Lipinski definition) is 0. The molecule has 6 nitrogen and oxygen atoms in total. The lowest BCUT2D eigenvalue weighted by Gasteiger charge is -2.18. The number of rotatable bonds is 48. The van der Waals surface area contributed by atoms with Gasteiger partial charge in [0.1, 0.15) is 13.2 Å². The number of ether oxygens (including phenoxy) is 3. The van der Waals surface area contributed by atoms with E-state index in [-0.39, 0.29) is 31.6 Å². The van der Waals surface area contributed by atoms with Crippen LogP contribution in [0.15, 0.2) is 85.1 Å². The molecule has 0 bridgehead atoms. The van der Waals surface area contributed by atoms with Gasteiger partial charge in [-0.1, -0.05) is 209 Å². The van der Waals surface area contributed by atoms with Crippen LogP contribution in [-0.2, 0) is 28.6 Å². The van der Waals surface area contributed by atoms with E-state index in [4.69, 9.17) is 14.2 Å². The van der Waals surface area contributed by atoms with Crippen molar-refractivity contribution >= 4 is 17.9 Å². The molecule has 0 aliphatic carbocycles. The van der Waals surface area contributed by atoms with Crippen LogP contribution in [0.5, 0.6) is 0 Å². The van der Waals surface area contributed by atoms with E-state index in [1.54, 1.807) is 0 Å². The van der Waals surface area contributed by atoms with E-state index < -0.39 is 12.1 Å². The topological polar surface area (TPSA) is 78.9 Å². The zero-order valence-corrected chi connectivity index (χ0v) is 42.5. The molecule has 372 valence electrons. The van der Waals surface area contributed by atoms with Crippen molar-refractivity contribution in [1.29, 1.82) is 0 Å². The van der Waals surface area contributed by atoms with Gasteiger partial charge in [-0.25, -0.2) is 0 Å². The van der Waals surface area contributed by atoms with Crippen molar-refractivity contribution in [3.05, 3.63) is 85.1 Å². The zero-order valence-electron chi connectivity index (χ0n) is 42.5. The van der Waals surface area contributed by atoms with Gasteiger partial charge in [0, 0.05) is 19.3 Å². The predicted molar refractivity (Wildman–Crippen MR) is 279 cm³/mol. The Morgan fingerprint density at radius 2 is 0.585 bits per heavy atom. The molecule has 0 aromatic carbocycles. The third-order valence-electron chi connectivity index (χ3n) is 11.4. The summed E-state index contributed by atoms with van der Waals surface area (Å²) in [5.74, 6) is -1.01. The lowest BCUT2D eigenvalue weighted by molar-refractivity contribution is -0.166. The minimum Gasteiger partial charge on any atom is -0.462 e. The zero-order chi connectivity index (χ0) is 47.2. The van der Waals surface area contributed by atoms with Crippen molar-refractivity contribution in [3.63, 3.8) is 0 Å². The van der Waals surface area contributed by atoms with E-state index >= 15 is 0 Å². The summed E-state index contributed by atoms with van der Waals surface area (Å²) in [7, 11) is 0. The first-order chi connectivity index (χ1) is 32.0. The molecule has 0 radical (unpaired) electrons. The molecule has 0 aromatic heterocycles. The Kier molecular flexibility index (Phi) is 50.4. The fourth-order valence-corrected chi connectivity index (χ4v) is 7.24. The molecule has 0 amide bonds. The van der Waals surface area contributed by atoms with Gasteiger partial charge in [0.25, 0.3) is 0 Å². The van der Waals surface area contributed by atoms with Crippen LogP contribution >= 0.6 is 0 Å². The van der Waals surface area contributed by atoms with E-state index in [1.807, 2.05) is 6.08 Å². The monoisotopic (exact) mass is 905 g/mol. The third kappa shape index (κ3) is 51.4. The SMILES string of the molecule is CCCCC/C=C\C/C=C\C/C=C\C/C=C\C/C=C\CCC(=O)O[C@@H](COC(=O)CCCCCCC/C=C\CCCCCC)COC(=O)CCCCCCCCC/C=C\CCCCCC. The Morgan fingerprint density at radius 3 is 0.969 bits per heavy atom. The van der Waals surface area contributed by atoms with Gasteiger partial charge in [0.2, 0.25) is 0 Å². The molecule has 0 aliphatic rings. The molecule has 0 N–H and O–H groups in total. The summed E-state index contributed by atoms with van der Waals surface area (Å²) in [4.78, 5) is 38.0. The lowest BCUT2D eigenvalue weighted by atomic mass is 10.1. The van der Waals surface area contributed by atoms with Crippen molar-refractivity contribution in [2.45, 2.75) is 258 Å². The predicted octanol–water partition coefficient (Wildman–Crippen LogP) is 18.0. The highest BCUT2D eigenvalue weighted by atomic mass is 16.6. The van der Waals surface area contributed by atoms with E-state index in [0.29, 0.717) is 19.3 Å². The maximum absolute atomic E-state index is 12.8. The maximum atomic E-state index is 12.8. The summed E-state index contributed by atoms with van der Waals surface area (Å²) in [6.45, 7) is 6.51. The Hall–Kier alpha value is -3.41. The number of hydrogen-bond acceptors (Lipinski definition) is 6. The van der Waals surface area contributed by atoms with Crippen LogP contribution in [0.25, 0.3) is 0 Å². The summed E-state index contributed by atoms with van der Waals surface area (Å²) in [5.41, 5.74) is 0. The smallest absolute Gasteiger partial charge is 0.306 e. The van der Waals surface area contributed by atoms with Gasteiger partial charge in [-0.05, 0) is 109 Å². The summed E-state index contributed by atoms with van der Waals surface area (Å²) in [6.07, 6.45) is 68.6. The molecule has 0 fully saturated rings. The van der Waals surface area contributed by atoms with Crippen molar-refractivity contribution in [2.24, 2.45) is 0 Å². The highest BCUT2D eigenvalue weighted by Crippen LogP contribution is 2.13. The van der Waals surface area contributed by atoms with Crippen molar-refractivity contribution < 1.29 is 28.6 Å². The molecule has 6 heteroatoms. The summed E-state index contributed by atoms with van der Waals surface area (Å²) in [5, 5.41) is 0. The largest absolute Gasteiger partial charge is 0.462 e. The highest BCUT2D eigenvalue weighted by molar-refractivity contribution is 5.71. The van der Waals surface area contributed by atoms with Gasteiger partial charge in [0.15, 0.2) is 6.10 Å². The summed E-state index contributed by atoms with van der Waals surface area (Å²) < 4.78 is 16.7. The van der Waals surface area contributed by atoms with Gasteiger partial charge >= 0.3 is 17.9 Å². The second-order valence-electron chi connectivity index (χ2n) is 17.8. The molecular weight excluding hydrogens is 805 g/mol. The molecule has 0 unspecified atom stereocenters. The first-order valence-corrected chi connectivity index (χ1v) is 27.1. The van der Waals surface area contributed by atoms with Crippen molar-refractivity contribution in [1.82, 2.24) is 0 Å². The Morgan fingerprint density at radius 1 is 0.308 bits per heavy atom. The molecular formula is C59H100O6. The average Bonchev–Trinajstić information content (AvgIpc) is 3.30. The van der Waals surface area contributed by atoms with Gasteiger partial charge in [0.05, 0.1) is 0 Å². The third-order valence-corrected chi connectivity index (χ3v) is 11.4. The Bertz CT molecular complexity index is 1270. The summed E-state index contributed by atoms with van der Waals surface area (Å²) >= 11 is 0. The van der Waals surface area contributed by atoms with E-state index in [9.17, 15) is 14.4 Å². The quantitative estimate of drug-likeness (QED) is 0.0262. The minimum atomic E-state index is -0.821. The van der Waals surface area contributed by atoms with E-state index in [1.165, 1.54) is 128 Å². The number of carbonyl (C=O) groups is 3. The van der Waals surface area contributed by atoms with Crippen molar-refractivity contribution in [2.75, 3.05) is 13.2 Å². The van der Waals surface area contributed by atoms with Crippen LogP contribution in [-0.4, -0.2) is 37.2 Å². The molecule has 0 spiro atoms. The standard InChI is InChI=1S/C59H100O6/c1-4-7-10-13-16-19-22-25-27-28-29-30-32-35-38-41-44-47-50-53-59(62)65-56(54-63-57(60)51-48-45-42-39-36-33-24-21-18-15-12-9-6-3)55-64-58(61)52-49-46-43-40-37-34-31-26-23-20-17-14-11-8-5-2/h16,19-21,23-25,27,29-30,35,38,44,47,56H,4-15,17-18,22,26,28,31-34,36-37,39-43,45-46,48-55H2,1-3H3/b19-16-,23-20-,24-21-,27-25-,30-29-,38-35-,47-44-/t56-/m0/s1. The summed E-state index contributed by atoms with van der Waals surface area (Å²) in [6, 6.07) is 0. The van der Waals surface area contributed by atoms with E-state index in [2.05, 4.69) is 99.8 Å². The molecule has 0 heterocycles. The normalized spacial score (nSPS) is 12.7. The second-order valence-corrected chi connectivity index (χ2v) is 17.8. The molecule has 0 aromatic rings. The highest BCUT2D eigenvalue weighted by Gasteiger charge is 2.19. The first-order valence-electron chi connectivity index (χ1n) is 27.1. The van der Waals surface area contributed by atoms with Gasteiger partial charge in [-0.15, -0.1) is 0 Å². The molecule has 0 saturated heterocycles. The molecule has 65 heavy (non-hydrogen) atoms. The van der Waals surface area contributed by atoms with Gasteiger partial charge in [-0.2, -0.15) is 0 Å². The second kappa shape index (κ2) is 53.2. The van der Waals surface area contributed by atoms with Crippen LogP contribution < -0.4 is 0 Å². The number of allylic oxidation sites excluding steroid dienone is 14. The molecule has 0 aliphatic heterocycles. The Labute approximate surface area is 401 Å². The van der Waals surface area contributed by atoms with Crippen LogP contribution in [0, 0.1) is 0 Å². The minimum absolute atomic E-state index is 0.111. The average molecular weight is 905 g/mol. The maximum Gasteiger partial charge on any atom is 0.306 e. The van der Waals surface area contributed by atoms with Crippen LogP contribution in [0.1, 0.15) is 252 Å². The fraction of sp³-hybridized carbons (Fsp3) is 0.712. The van der Waals surface area contributed by atoms with E-state index in [0.717, 1.165) is 77.0 Å². The lowest BCUT2D eigenvalue weighted by Crippen LogP contribution is -2.30. The van der Waals surface area contributed by atoms with Crippen LogP contribution in [0.4, 0.5) is 0 Å². The fourth-order valence-electron chi connectivity index (χ4n) is 7.24. The van der Waals surface area contributed by atoms with Crippen LogP contribution in [0.3, 0.4) is 0 Å². The number of unbranched alkanes of at least 4 members (excludes halogenated alkanes) is 23. The number of esters is 3. The van der Waals surface area contributed by atoms with Crippen LogP contribution in [0.2, 0.25) is 0 Å². The van der Waals surface area contributed by atoms with Gasteiger partial charge < -0.3 is 14.2 Å². The number of carbonyl (C=O) groups excluding carboxylic acids is 3. The van der Waals surface area contributed by atoms with Crippen molar-refractivity contribution in [3.8, 4) is 0 Å². The van der Waals surface area contributed by atoms with Gasteiger partial charge in [-0.3, -0.25) is 14.4 Å². The Balaban J connectivity index is 4.52.